The summed E-state index contributed by atoms with van der Waals surface area (Å²) in [6.45, 7) is 0.533. The summed E-state index contributed by atoms with van der Waals surface area (Å²) in [6.07, 6.45) is 4.47. The normalized spacial score (nSPS) is 13.7. The molecule has 0 unspecified atom stereocenters. The lowest BCUT2D eigenvalue weighted by atomic mass is 10.0. The van der Waals surface area contributed by atoms with Crippen molar-refractivity contribution >= 4 is 44.6 Å². The summed E-state index contributed by atoms with van der Waals surface area (Å²) in [4.78, 5) is 26.7. The number of nitrogens with one attached hydrogen (secondary N) is 1. The molecule has 0 bridgehead atoms. The summed E-state index contributed by atoms with van der Waals surface area (Å²) in [5.74, 6) is 0.416. The number of benzene rings is 5. The van der Waals surface area contributed by atoms with Crippen LogP contribution in [0.1, 0.15) is 33.5 Å². The first-order valence-electron chi connectivity index (χ1n) is 16.1. The van der Waals surface area contributed by atoms with E-state index in [4.69, 9.17) is 14.2 Å². The van der Waals surface area contributed by atoms with E-state index in [1.54, 1.807) is 44.4 Å². The first kappa shape index (κ1) is 34.1. The summed E-state index contributed by atoms with van der Waals surface area (Å²) in [5.41, 5.74) is 3.44. The summed E-state index contributed by atoms with van der Waals surface area (Å²) < 4.78 is 46.9. The van der Waals surface area contributed by atoms with Crippen LogP contribution in [-0.2, 0) is 28.2 Å². The Bertz CT molecular complexity index is 2140. The number of hydrogen-bond acceptors (Lipinski definition) is 7. The van der Waals surface area contributed by atoms with Gasteiger partial charge in [-0.05, 0) is 64.2 Å². The van der Waals surface area contributed by atoms with Crippen molar-refractivity contribution in [2.75, 3.05) is 31.6 Å². The number of anilines is 1. The molecule has 6 rings (SSSR count). The first-order valence-corrected chi connectivity index (χ1v) is 17.5. The topological polar surface area (TPSA) is 114 Å². The lowest BCUT2D eigenvalue weighted by molar-refractivity contribution is -0.117. The van der Waals surface area contributed by atoms with Crippen molar-refractivity contribution in [2.24, 2.45) is 0 Å². The molecule has 0 atom stereocenters. The number of amides is 2. The van der Waals surface area contributed by atoms with E-state index >= 15 is 0 Å². The second-order valence-electron chi connectivity index (χ2n) is 11.9. The summed E-state index contributed by atoms with van der Waals surface area (Å²) in [5, 5.41) is 1.62. The lowest BCUT2D eigenvalue weighted by Gasteiger charge is -2.20. The predicted octanol–water partition coefficient (Wildman–Crippen LogP) is 6.36. The molecule has 50 heavy (non-hydrogen) atoms. The number of carbonyl (C=O) groups is 2. The highest BCUT2D eigenvalue weighted by Crippen LogP contribution is 2.37. The van der Waals surface area contributed by atoms with Crippen LogP contribution < -0.4 is 23.2 Å². The van der Waals surface area contributed by atoms with Crippen molar-refractivity contribution in [2.45, 2.75) is 19.6 Å². The second kappa shape index (κ2) is 15.2. The molecular formula is C39H37N3O7S. The zero-order valence-corrected chi connectivity index (χ0v) is 28.6. The molecule has 0 aromatic heterocycles. The van der Waals surface area contributed by atoms with Crippen LogP contribution in [0.3, 0.4) is 0 Å². The highest BCUT2D eigenvalue weighted by Gasteiger charge is 2.36. The average molecular weight is 692 g/mol. The van der Waals surface area contributed by atoms with E-state index < -0.39 is 16.1 Å². The maximum Gasteiger partial charge on any atom is 0.326 e. The molecular weight excluding hydrogens is 655 g/mol. The molecule has 2 amide bonds. The number of hydrogen-bond donors (Lipinski definition) is 1. The molecule has 10 nitrogen and oxygen atoms in total. The molecule has 1 N–H and O–H groups in total. The standard InChI is InChI=1S/C39H37N3O7S/c1-41(2)39(44)38-34(17-11-18-35(38)48-26-29-13-5-3-6-14-29)47-21-10-9-12-28-19-20-31-24-36(49-27-30-15-7-4-8-16-30)33(23-32(31)22-28)42-25-37(43)40-50(42,45)46/h3-9,11-20,22-24H,10,21,25-27H2,1-2H3,(H,40,43)/b12-9+. The molecule has 11 heteroatoms. The largest absolute Gasteiger partial charge is 0.492 e. The van der Waals surface area contributed by atoms with Gasteiger partial charge >= 0.3 is 10.2 Å². The van der Waals surface area contributed by atoms with Crippen LogP contribution in [-0.4, -0.2) is 52.4 Å². The van der Waals surface area contributed by atoms with Gasteiger partial charge in [0.25, 0.3) is 11.8 Å². The predicted molar refractivity (Wildman–Crippen MR) is 194 cm³/mol. The molecule has 1 aliphatic rings. The fourth-order valence-corrected chi connectivity index (χ4v) is 6.62. The van der Waals surface area contributed by atoms with Gasteiger partial charge in [0.2, 0.25) is 0 Å². The minimum atomic E-state index is -4.06. The highest BCUT2D eigenvalue weighted by atomic mass is 32.2. The third kappa shape index (κ3) is 8.07. The minimum absolute atomic E-state index is 0.217. The Labute approximate surface area is 291 Å². The van der Waals surface area contributed by atoms with Crippen LogP contribution in [0.15, 0.2) is 115 Å². The fourth-order valence-electron chi connectivity index (χ4n) is 5.47. The molecule has 0 saturated carbocycles. The van der Waals surface area contributed by atoms with Crippen LogP contribution in [0.25, 0.3) is 16.8 Å². The second-order valence-corrected chi connectivity index (χ2v) is 13.5. The summed E-state index contributed by atoms with van der Waals surface area (Å²) in [6, 6.07) is 34.0. The van der Waals surface area contributed by atoms with Crippen LogP contribution in [0.2, 0.25) is 0 Å². The Morgan fingerprint density at radius 3 is 2.04 bits per heavy atom. The maximum atomic E-state index is 13.1. The van der Waals surface area contributed by atoms with Gasteiger partial charge < -0.3 is 19.1 Å². The fraction of sp³-hybridized carbons (Fsp3) is 0.179. The van der Waals surface area contributed by atoms with Crippen LogP contribution in [0.5, 0.6) is 17.2 Å². The van der Waals surface area contributed by atoms with Crippen molar-refractivity contribution < 1.29 is 32.2 Å². The Kier molecular flexibility index (Phi) is 10.3. The molecule has 5 aromatic rings. The summed E-state index contributed by atoms with van der Waals surface area (Å²) >= 11 is 0. The monoisotopic (exact) mass is 691 g/mol. The van der Waals surface area contributed by atoms with E-state index in [1.165, 1.54) is 4.90 Å². The number of carbonyl (C=O) groups excluding carboxylic acids is 2. The van der Waals surface area contributed by atoms with E-state index in [1.807, 2.05) is 95.7 Å². The molecule has 1 heterocycles. The Morgan fingerprint density at radius 2 is 1.42 bits per heavy atom. The van der Waals surface area contributed by atoms with Gasteiger partial charge in [-0.2, -0.15) is 8.42 Å². The molecule has 1 aliphatic heterocycles. The van der Waals surface area contributed by atoms with E-state index in [0.717, 1.165) is 31.8 Å². The van der Waals surface area contributed by atoms with Crippen molar-refractivity contribution in [3.05, 3.63) is 138 Å². The smallest absolute Gasteiger partial charge is 0.326 e. The maximum absolute atomic E-state index is 13.1. The molecule has 0 aliphatic carbocycles. The van der Waals surface area contributed by atoms with Gasteiger partial charge in [0.05, 0.1) is 12.3 Å². The number of fused-ring (bicyclic) bond motifs is 1. The van der Waals surface area contributed by atoms with Gasteiger partial charge in [-0.3, -0.25) is 9.59 Å². The number of ether oxygens (including phenoxy) is 3. The van der Waals surface area contributed by atoms with E-state index in [2.05, 4.69) is 0 Å². The Hall–Kier alpha value is -5.81. The molecule has 0 spiro atoms. The Morgan fingerprint density at radius 1 is 0.780 bits per heavy atom. The van der Waals surface area contributed by atoms with Crippen molar-refractivity contribution in [3.63, 3.8) is 0 Å². The van der Waals surface area contributed by atoms with Crippen molar-refractivity contribution in [1.82, 2.24) is 9.62 Å². The van der Waals surface area contributed by atoms with Crippen molar-refractivity contribution in [3.8, 4) is 17.2 Å². The average Bonchev–Trinajstić information content (AvgIpc) is 3.40. The minimum Gasteiger partial charge on any atom is -0.492 e. The van der Waals surface area contributed by atoms with Gasteiger partial charge in [0, 0.05) is 14.1 Å². The molecule has 256 valence electrons. The molecule has 0 radical (unpaired) electrons. The quantitative estimate of drug-likeness (QED) is 0.143. The third-order valence-electron chi connectivity index (χ3n) is 7.97. The first-order chi connectivity index (χ1) is 24.2. The van der Waals surface area contributed by atoms with Gasteiger partial charge in [0.1, 0.15) is 42.6 Å². The molecule has 1 fully saturated rings. The van der Waals surface area contributed by atoms with Gasteiger partial charge in [-0.15, -0.1) is 0 Å². The van der Waals surface area contributed by atoms with Crippen LogP contribution in [0, 0.1) is 0 Å². The SMILES string of the molecule is CN(C)C(=O)c1c(OCC/C=C/c2ccc3cc(OCc4ccccc4)c(N4CC(=O)NS4(=O)=O)cc3c2)cccc1OCc1ccccc1. The van der Waals surface area contributed by atoms with Crippen LogP contribution in [0.4, 0.5) is 5.69 Å². The summed E-state index contributed by atoms with van der Waals surface area (Å²) in [7, 11) is -0.677. The van der Waals surface area contributed by atoms with E-state index in [-0.39, 0.29) is 24.7 Å². The number of nitrogens with zero attached hydrogens (tertiary/aromatic N) is 2. The van der Waals surface area contributed by atoms with Gasteiger partial charge in [0.15, 0.2) is 0 Å². The zero-order valence-electron chi connectivity index (χ0n) is 27.7. The Balaban J connectivity index is 1.17. The van der Waals surface area contributed by atoms with E-state index in [9.17, 15) is 18.0 Å². The zero-order chi connectivity index (χ0) is 35.1. The van der Waals surface area contributed by atoms with Gasteiger partial charge in [-0.25, -0.2) is 9.03 Å². The molecule has 1 saturated heterocycles. The third-order valence-corrected chi connectivity index (χ3v) is 9.36. The lowest BCUT2D eigenvalue weighted by Crippen LogP contribution is -2.29. The van der Waals surface area contributed by atoms with Crippen LogP contribution >= 0.6 is 0 Å². The van der Waals surface area contributed by atoms with E-state index in [0.29, 0.717) is 42.4 Å². The molecule has 5 aromatic carbocycles. The van der Waals surface area contributed by atoms with Crippen molar-refractivity contribution in [1.29, 1.82) is 0 Å². The van der Waals surface area contributed by atoms with Gasteiger partial charge in [-0.1, -0.05) is 91.0 Å². The number of rotatable bonds is 13. The highest BCUT2D eigenvalue weighted by molar-refractivity contribution is 7.92.